The first kappa shape index (κ1) is 18.9. The van der Waals surface area contributed by atoms with Crippen LogP contribution in [-0.4, -0.2) is 42.4 Å². The SMILES string of the molecule is NCCC(=O)NCC1CCCCN1C(=O)CC1CCc2ccccc2C1. The maximum atomic E-state index is 13.0. The van der Waals surface area contributed by atoms with Crippen LogP contribution in [0.1, 0.15) is 49.7 Å². The molecule has 1 aliphatic heterocycles. The van der Waals surface area contributed by atoms with Crippen LogP contribution < -0.4 is 11.1 Å². The normalized spacial score (nSPS) is 22.6. The summed E-state index contributed by atoms with van der Waals surface area (Å²) < 4.78 is 0. The molecule has 0 spiro atoms. The molecule has 0 radical (unpaired) electrons. The molecule has 142 valence electrons. The van der Waals surface area contributed by atoms with Crippen LogP contribution in [0.25, 0.3) is 0 Å². The molecule has 5 nitrogen and oxygen atoms in total. The number of nitrogens with zero attached hydrogens (tertiary/aromatic N) is 1. The Hall–Kier alpha value is -1.88. The Labute approximate surface area is 156 Å². The summed E-state index contributed by atoms with van der Waals surface area (Å²) in [6, 6.07) is 8.73. The van der Waals surface area contributed by atoms with Crippen molar-refractivity contribution >= 4 is 11.8 Å². The van der Waals surface area contributed by atoms with Crippen LogP contribution >= 0.6 is 0 Å². The van der Waals surface area contributed by atoms with Crippen molar-refractivity contribution in [2.24, 2.45) is 11.7 Å². The number of hydrogen-bond acceptors (Lipinski definition) is 3. The number of aryl methyl sites for hydroxylation is 1. The van der Waals surface area contributed by atoms with E-state index in [1.807, 2.05) is 4.90 Å². The molecule has 1 aromatic carbocycles. The second-order valence-corrected chi connectivity index (χ2v) is 7.66. The fourth-order valence-corrected chi connectivity index (χ4v) is 4.30. The quantitative estimate of drug-likeness (QED) is 0.818. The molecule has 1 aliphatic carbocycles. The van der Waals surface area contributed by atoms with E-state index in [2.05, 4.69) is 29.6 Å². The molecule has 0 aromatic heterocycles. The third-order valence-electron chi connectivity index (χ3n) is 5.77. The van der Waals surface area contributed by atoms with Gasteiger partial charge in [0.05, 0.1) is 0 Å². The van der Waals surface area contributed by atoms with E-state index in [0.29, 0.717) is 31.8 Å². The second kappa shape index (κ2) is 9.17. The molecule has 2 atom stereocenters. The highest BCUT2D eigenvalue weighted by molar-refractivity contribution is 5.78. The van der Waals surface area contributed by atoms with E-state index in [4.69, 9.17) is 5.73 Å². The summed E-state index contributed by atoms with van der Waals surface area (Å²) in [5, 5.41) is 2.94. The summed E-state index contributed by atoms with van der Waals surface area (Å²) in [6.07, 6.45) is 7.31. The summed E-state index contributed by atoms with van der Waals surface area (Å²) in [5.74, 6) is 0.674. The Bertz CT molecular complexity index is 631. The topological polar surface area (TPSA) is 75.4 Å². The molecule has 1 heterocycles. The first-order valence-electron chi connectivity index (χ1n) is 10.0. The molecule has 3 rings (SSSR count). The van der Waals surface area contributed by atoms with Gasteiger partial charge in [0, 0.05) is 38.5 Å². The Kier molecular flexibility index (Phi) is 6.67. The molecule has 2 aliphatic rings. The summed E-state index contributed by atoms with van der Waals surface area (Å²) >= 11 is 0. The average Bonchev–Trinajstić information content (AvgIpc) is 2.66. The predicted molar refractivity (Wildman–Crippen MR) is 103 cm³/mol. The van der Waals surface area contributed by atoms with Gasteiger partial charge in [-0.3, -0.25) is 9.59 Å². The molecule has 0 bridgehead atoms. The standard InChI is InChI=1S/C21H31N3O2/c22-11-10-20(25)23-15-19-7-3-4-12-24(19)21(26)14-16-8-9-17-5-1-2-6-18(17)13-16/h1-2,5-6,16,19H,3-4,7-15,22H2,(H,23,25). The van der Waals surface area contributed by atoms with Crippen molar-refractivity contribution in [3.63, 3.8) is 0 Å². The van der Waals surface area contributed by atoms with Crippen molar-refractivity contribution < 1.29 is 9.59 Å². The third-order valence-corrected chi connectivity index (χ3v) is 5.77. The molecule has 2 amide bonds. The lowest BCUT2D eigenvalue weighted by molar-refractivity contribution is -0.136. The van der Waals surface area contributed by atoms with Crippen molar-refractivity contribution in [1.82, 2.24) is 10.2 Å². The number of hydrogen-bond donors (Lipinski definition) is 2. The Balaban J connectivity index is 1.54. The Morgan fingerprint density at radius 1 is 1.15 bits per heavy atom. The summed E-state index contributed by atoms with van der Waals surface area (Å²) in [7, 11) is 0. The number of rotatable bonds is 6. The zero-order valence-corrected chi connectivity index (χ0v) is 15.6. The first-order chi connectivity index (χ1) is 12.7. The number of piperidine rings is 1. The van der Waals surface area contributed by atoms with E-state index in [1.54, 1.807) is 0 Å². The maximum Gasteiger partial charge on any atom is 0.223 e. The zero-order valence-electron chi connectivity index (χ0n) is 15.6. The minimum absolute atomic E-state index is 0.0191. The number of nitrogens with one attached hydrogen (secondary N) is 1. The van der Waals surface area contributed by atoms with Gasteiger partial charge in [0.2, 0.25) is 11.8 Å². The zero-order chi connectivity index (χ0) is 18.4. The molecule has 0 saturated carbocycles. The van der Waals surface area contributed by atoms with Crippen molar-refractivity contribution in [3.05, 3.63) is 35.4 Å². The molecular formula is C21H31N3O2. The lowest BCUT2D eigenvalue weighted by Gasteiger charge is -2.37. The van der Waals surface area contributed by atoms with Gasteiger partial charge in [0.15, 0.2) is 0 Å². The van der Waals surface area contributed by atoms with Gasteiger partial charge in [-0.2, -0.15) is 0 Å². The van der Waals surface area contributed by atoms with Crippen LogP contribution in [-0.2, 0) is 22.4 Å². The third kappa shape index (κ3) is 4.85. The maximum absolute atomic E-state index is 13.0. The number of nitrogens with two attached hydrogens (primary N) is 1. The number of carbonyl (C=O) groups excluding carboxylic acids is 2. The minimum Gasteiger partial charge on any atom is -0.354 e. The summed E-state index contributed by atoms with van der Waals surface area (Å²) in [5.41, 5.74) is 8.27. The van der Waals surface area contributed by atoms with Gasteiger partial charge in [-0.25, -0.2) is 0 Å². The van der Waals surface area contributed by atoms with Crippen molar-refractivity contribution in [2.45, 2.75) is 57.4 Å². The van der Waals surface area contributed by atoms with E-state index >= 15 is 0 Å². The van der Waals surface area contributed by atoms with E-state index in [9.17, 15) is 9.59 Å². The molecule has 26 heavy (non-hydrogen) atoms. The number of benzene rings is 1. The highest BCUT2D eigenvalue weighted by Crippen LogP contribution is 2.29. The fraction of sp³-hybridized carbons (Fsp3) is 0.619. The van der Waals surface area contributed by atoms with E-state index in [1.165, 1.54) is 11.1 Å². The van der Waals surface area contributed by atoms with Gasteiger partial charge < -0.3 is 16.0 Å². The fourth-order valence-electron chi connectivity index (χ4n) is 4.30. The van der Waals surface area contributed by atoms with Gasteiger partial charge >= 0.3 is 0 Å². The van der Waals surface area contributed by atoms with Gasteiger partial charge in [0.25, 0.3) is 0 Å². The molecule has 1 aromatic rings. The average molecular weight is 357 g/mol. The smallest absolute Gasteiger partial charge is 0.223 e. The molecular weight excluding hydrogens is 326 g/mol. The second-order valence-electron chi connectivity index (χ2n) is 7.66. The number of likely N-dealkylation sites (tertiary alicyclic amines) is 1. The molecule has 5 heteroatoms. The number of amides is 2. The minimum atomic E-state index is -0.0191. The van der Waals surface area contributed by atoms with Crippen LogP contribution in [0.3, 0.4) is 0 Å². The highest BCUT2D eigenvalue weighted by Gasteiger charge is 2.29. The summed E-state index contributed by atoms with van der Waals surface area (Å²) in [4.78, 5) is 26.7. The number of fused-ring (bicyclic) bond motifs is 1. The monoisotopic (exact) mass is 357 g/mol. The molecule has 2 unspecified atom stereocenters. The molecule has 1 fully saturated rings. The van der Waals surface area contributed by atoms with Crippen LogP contribution in [0.5, 0.6) is 0 Å². The van der Waals surface area contributed by atoms with Gasteiger partial charge in [-0.05, 0) is 55.6 Å². The van der Waals surface area contributed by atoms with E-state index in [0.717, 1.165) is 45.1 Å². The first-order valence-corrected chi connectivity index (χ1v) is 10.0. The molecule has 3 N–H and O–H groups in total. The van der Waals surface area contributed by atoms with Gasteiger partial charge in [-0.1, -0.05) is 24.3 Å². The van der Waals surface area contributed by atoms with Crippen molar-refractivity contribution in [2.75, 3.05) is 19.6 Å². The van der Waals surface area contributed by atoms with Crippen LogP contribution in [0, 0.1) is 5.92 Å². The lowest BCUT2D eigenvalue weighted by Crippen LogP contribution is -2.50. The van der Waals surface area contributed by atoms with E-state index < -0.39 is 0 Å². The summed E-state index contributed by atoms with van der Waals surface area (Å²) in [6.45, 7) is 1.74. The van der Waals surface area contributed by atoms with Crippen molar-refractivity contribution in [3.8, 4) is 0 Å². The Morgan fingerprint density at radius 2 is 1.96 bits per heavy atom. The Morgan fingerprint density at radius 3 is 2.77 bits per heavy atom. The van der Waals surface area contributed by atoms with Gasteiger partial charge in [-0.15, -0.1) is 0 Å². The lowest BCUT2D eigenvalue weighted by atomic mass is 9.82. The highest BCUT2D eigenvalue weighted by atomic mass is 16.2. The number of carbonyl (C=O) groups is 2. The molecule has 1 saturated heterocycles. The van der Waals surface area contributed by atoms with Gasteiger partial charge in [0.1, 0.15) is 0 Å². The van der Waals surface area contributed by atoms with E-state index in [-0.39, 0.29) is 17.9 Å². The predicted octanol–water partition coefficient (Wildman–Crippen LogP) is 2.03. The van der Waals surface area contributed by atoms with Crippen LogP contribution in [0.4, 0.5) is 0 Å². The van der Waals surface area contributed by atoms with Crippen LogP contribution in [0.2, 0.25) is 0 Å². The van der Waals surface area contributed by atoms with Crippen LogP contribution in [0.15, 0.2) is 24.3 Å². The largest absolute Gasteiger partial charge is 0.354 e. The van der Waals surface area contributed by atoms with Crippen molar-refractivity contribution in [1.29, 1.82) is 0 Å².